The first kappa shape index (κ1) is 15.9. The van der Waals surface area contributed by atoms with Gasteiger partial charge in [0.15, 0.2) is 0 Å². The summed E-state index contributed by atoms with van der Waals surface area (Å²) < 4.78 is 0. The van der Waals surface area contributed by atoms with E-state index in [1.54, 1.807) is 0 Å². The van der Waals surface area contributed by atoms with Crippen molar-refractivity contribution >= 4 is 29.3 Å². The first-order valence-corrected chi connectivity index (χ1v) is 7.47. The van der Waals surface area contributed by atoms with Crippen molar-refractivity contribution in [2.75, 3.05) is 32.1 Å². The molecule has 0 aliphatic carbocycles. The largest absolute Gasteiger partial charge is 0.478 e. The second-order valence-electron chi connectivity index (χ2n) is 5.58. The fourth-order valence-electron chi connectivity index (χ4n) is 2.62. The highest BCUT2D eigenvalue weighted by molar-refractivity contribution is 6.32. The summed E-state index contributed by atoms with van der Waals surface area (Å²) in [5, 5.41) is 9.24. The highest BCUT2D eigenvalue weighted by Gasteiger charge is 2.21. The van der Waals surface area contributed by atoms with Gasteiger partial charge in [-0.15, -0.1) is 0 Å². The minimum atomic E-state index is -0.972. The van der Waals surface area contributed by atoms with Crippen LogP contribution in [-0.2, 0) is 4.79 Å². The molecule has 5 heteroatoms. The van der Waals surface area contributed by atoms with Crippen LogP contribution in [0, 0.1) is 0 Å². The smallest absolute Gasteiger partial charge is 0.328 e. The molecule has 0 saturated carbocycles. The van der Waals surface area contributed by atoms with Crippen LogP contribution in [-0.4, -0.2) is 49.2 Å². The second kappa shape index (κ2) is 6.96. The Bertz CT molecular complexity index is 543. The molecule has 4 nitrogen and oxygen atoms in total. The van der Waals surface area contributed by atoms with Gasteiger partial charge in [0.2, 0.25) is 0 Å². The molecule has 1 aliphatic heterocycles. The number of carboxylic acids is 1. The summed E-state index contributed by atoms with van der Waals surface area (Å²) >= 11 is 6.25. The number of piperidine rings is 1. The van der Waals surface area contributed by atoms with E-state index >= 15 is 0 Å². The van der Waals surface area contributed by atoms with Crippen LogP contribution in [0.4, 0.5) is 5.69 Å². The van der Waals surface area contributed by atoms with Crippen LogP contribution in [0.2, 0.25) is 5.02 Å². The number of hydrogen-bond acceptors (Lipinski definition) is 3. The molecule has 1 aromatic carbocycles. The summed E-state index contributed by atoms with van der Waals surface area (Å²) in [5.41, 5.74) is 1.82. The van der Waals surface area contributed by atoms with Crippen LogP contribution in [0.3, 0.4) is 0 Å². The average molecular weight is 309 g/mol. The Kier molecular flexibility index (Phi) is 5.26. The Morgan fingerprint density at radius 3 is 2.86 bits per heavy atom. The summed E-state index contributed by atoms with van der Waals surface area (Å²) in [7, 11) is 4.22. The Morgan fingerprint density at radius 1 is 1.48 bits per heavy atom. The van der Waals surface area contributed by atoms with E-state index in [1.165, 1.54) is 18.9 Å². The molecule has 1 unspecified atom stereocenters. The average Bonchev–Trinajstić information content (AvgIpc) is 2.46. The van der Waals surface area contributed by atoms with E-state index in [2.05, 4.69) is 23.9 Å². The molecule has 114 valence electrons. The molecule has 0 spiro atoms. The van der Waals surface area contributed by atoms with Crippen LogP contribution < -0.4 is 4.90 Å². The number of hydrogen-bond donors (Lipinski definition) is 1. The van der Waals surface area contributed by atoms with Crippen molar-refractivity contribution in [3.8, 4) is 0 Å². The number of nitrogens with zero attached hydrogens (tertiary/aromatic N) is 2. The van der Waals surface area contributed by atoms with Crippen molar-refractivity contribution in [2.24, 2.45) is 0 Å². The van der Waals surface area contributed by atoms with Gasteiger partial charge in [-0.25, -0.2) is 4.79 Å². The molecule has 0 bridgehead atoms. The predicted molar refractivity (Wildman–Crippen MR) is 87.0 cm³/mol. The summed E-state index contributed by atoms with van der Waals surface area (Å²) in [6.45, 7) is 2.03. The van der Waals surface area contributed by atoms with E-state index in [-0.39, 0.29) is 0 Å². The highest BCUT2D eigenvalue weighted by Crippen LogP contribution is 2.27. The molecule has 1 fully saturated rings. The van der Waals surface area contributed by atoms with E-state index in [1.807, 2.05) is 18.2 Å². The molecule has 1 saturated heterocycles. The molecule has 1 aromatic rings. The van der Waals surface area contributed by atoms with Crippen LogP contribution >= 0.6 is 11.6 Å². The van der Waals surface area contributed by atoms with Gasteiger partial charge >= 0.3 is 5.97 Å². The zero-order valence-electron chi connectivity index (χ0n) is 12.4. The van der Waals surface area contributed by atoms with E-state index in [4.69, 9.17) is 16.7 Å². The Hall–Kier alpha value is -1.52. The van der Waals surface area contributed by atoms with Gasteiger partial charge in [-0.2, -0.15) is 0 Å². The number of halogens is 1. The van der Waals surface area contributed by atoms with E-state index < -0.39 is 5.97 Å². The van der Waals surface area contributed by atoms with Crippen LogP contribution in [0.15, 0.2) is 24.3 Å². The van der Waals surface area contributed by atoms with E-state index in [9.17, 15) is 4.79 Å². The number of anilines is 1. The zero-order chi connectivity index (χ0) is 15.4. The lowest BCUT2D eigenvalue weighted by Crippen LogP contribution is -2.45. The molecule has 1 heterocycles. The lowest BCUT2D eigenvalue weighted by atomic mass is 10.0. The van der Waals surface area contributed by atoms with Crippen molar-refractivity contribution in [3.05, 3.63) is 34.9 Å². The summed E-state index contributed by atoms with van der Waals surface area (Å²) in [6.07, 6.45) is 5.01. The van der Waals surface area contributed by atoms with E-state index in [0.717, 1.165) is 30.4 Å². The van der Waals surface area contributed by atoms with Crippen molar-refractivity contribution < 1.29 is 9.90 Å². The van der Waals surface area contributed by atoms with Gasteiger partial charge < -0.3 is 14.9 Å². The van der Waals surface area contributed by atoms with Crippen molar-refractivity contribution in [3.63, 3.8) is 0 Å². The molecule has 2 rings (SSSR count). The summed E-state index contributed by atoms with van der Waals surface area (Å²) in [4.78, 5) is 15.2. The zero-order valence-corrected chi connectivity index (χ0v) is 13.2. The highest BCUT2D eigenvalue weighted by atomic mass is 35.5. The van der Waals surface area contributed by atoms with Gasteiger partial charge in [-0.05, 0) is 50.7 Å². The minimum Gasteiger partial charge on any atom is -0.478 e. The fourth-order valence-corrected chi connectivity index (χ4v) is 2.86. The number of aliphatic carboxylic acids is 1. The lowest BCUT2D eigenvalue weighted by Gasteiger charge is -2.37. The topological polar surface area (TPSA) is 43.8 Å². The molecule has 0 aromatic heterocycles. The summed E-state index contributed by atoms with van der Waals surface area (Å²) in [6, 6.07) is 6.35. The van der Waals surface area contributed by atoms with Gasteiger partial charge in [0.25, 0.3) is 0 Å². The van der Waals surface area contributed by atoms with Crippen LogP contribution in [0.1, 0.15) is 18.4 Å². The number of rotatable bonds is 4. The number of benzene rings is 1. The first-order chi connectivity index (χ1) is 9.97. The minimum absolute atomic E-state index is 0.559. The third-order valence-corrected chi connectivity index (χ3v) is 4.21. The van der Waals surface area contributed by atoms with Gasteiger partial charge in [0, 0.05) is 35.9 Å². The molecule has 0 amide bonds. The molecule has 1 aliphatic rings. The Balaban J connectivity index is 2.14. The number of likely N-dealkylation sites (N-methyl/N-ethyl adjacent to an activating group) is 1. The van der Waals surface area contributed by atoms with Gasteiger partial charge in [-0.3, -0.25) is 0 Å². The van der Waals surface area contributed by atoms with Crippen molar-refractivity contribution in [1.29, 1.82) is 0 Å². The molecular weight excluding hydrogens is 288 g/mol. The quantitative estimate of drug-likeness (QED) is 0.869. The first-order valence-electron chi connectivity index (χ1n) is 7.09. The lowest BCUT2D eigenvalue weighted by molar-refractivity contribution is -0.131. The summed E-state index contributed by atoms with van der Waals surface area (Å²) in [5.74, 6) is -0.972. The van der Waals surface area contributed by atoms with Gasteiger partial charge in [0.05, 0.1) is 0 Å². The maximum Gasteiger partial charge on any atom is 0.328 e. The van der Waals surface area contributed by atoms with Crippen LogP contribution in [0.5, 0.6) is 0 Å². The molecular formula is C16H21ClN2O2. The monoisotopic (exact) mass is 308 g/mol. The molecule has 1 atom stereocenters. The second-order valence-corrected chi connectivity index (χ2v) is 5.99. The number of carbonyl (C=O) groups is 1. The Labute approximate surface area is 130 Å². The van der Waals surface area contributed by atoms with Gasteiger partial charge in [0.1, 0.15) is 0 Å². The molecule has 21 heavy (non-hydrogen) atoms. The maximum atomic E-state index is 10.6. The van der Waals surface area contributed by atoms with Crippen molar-refractivity contribution in [1.82, 2.24) is 4.90 Å². The third-order valence-electron chi connectivity index (χ3n) is 3.88. The van der Waals surface area contributed by atoms with Crippen molar-refractivity contribution in [2.45, 2.75) is 18.9 Å². The molecule has 1 N–H and O–H groups in total. The predicted octanol–water partition coefficient (Wildman–Crippen LogP) is 2.97. The van der Waals surface area contributed by atoms with Gasteiger partial charge in [-0.1, -0.05) is 17.7 Å². The Morgan fingerprint density at radius 2 is 2.24 bits per heavy atom. The normalized spacial score (nSPS) is 19.4. The van der Waals surface area contributed by atoms with Crippen LogP contribution in [0.25, 0.3) is 6.08 Å². The van der Waals surface area contributed by atoms with E-state index in [0.29, 0.717) is 11.1 Å². The fraction of sp³-hybridized carbons (Fsp3) is 0.438. The SMILES string of the molecule is CN(C)C1CCCN(c2ccc(/C=C/C(=O)O)c(Cl)c2)C1. The maximum absolute atomic E-state index is 10.6. The molecule has 0 radical (unpaired) electrons. The third kappa shape index (κ3) is 4.22. The standard InChI is InChI=1S/C16H21ClN2O2/c1-18(2)14-4-3-9-19(11-14)13-7-5-12(15(17)10-13)6-8-16(20)21/h5-8,10,14H,3-4,9,11H2,1-2H3,(H,20,21)/b8-6+. The number of carboxylic acid groups (broad SMARTS) is 1.